The molecule has 1 aliphatic heterocycles. The average Bonchev–Trinajstić information content (AvgIpc) is 3.08. The molecule has 7 heteroatoms. The third-order valence-electron chi connectivity index (χ3n) is 5.39. The van der Waals surface area contributed by atoms with E-state index in [4.69, 9.17) is 0 Å². The second-order valence-corrected chi connectivity index (χ2v) is 9.41. The minimum absolute atomic E-state index is 0.0219. The largest absolute Gasteiger partial charge is 0.294 e. The number of aromatic nitrogens is 2. The molecule has 0 amide bonds. The lowest BCUT2D eigenvalue weighted by Crippen LogP contribution is -2.44. The van der Waals surface area contributed by atoms with Crippen molar-refractivity contribution in [3.63, 3.8) is 0 Å². The minimum Gasteiger partial charge on any atom is -0.294 e. The summed E-state index contributed by atoms with van der Waals surface area (Å²) in [7, 11) is -1.99. The van der Waals surface area contributed by atoms with Crippen LogP contribution in [0.2, 0.25) is 0 Å². The summed E-state index contributed by atoms with van der Waals surface area (Å²) in [5, 5.41) is 4.18. The van der Waals surface area contributed by atoms with E-state index in [2.05, 4.69) is 5.10 Å². The first-order valence-corrected chi connectivity index (χ1v) is 10.9. The molecule has 4 rings (SSSR count). The molecule has 0 radical (unpaired) electrons. The first kappa shape index (κ1) is 19.4. The smallest absolute Gasteiger partial charge is 0.264 e. The van der Waals surface area contributed by atoms with Crippen LogP contribution in [0.4, 0.5) is 5.69 Å². The van der Waals surface area contributed by atoms with Crippen LogP contribution in [0.15, 0.2) is 53.7 Å². The molecular formula is C22H23N3O3S. The lowest BCUT2D eigenvalue weighted by molar-refractivity contribution is 0.0972. The predicted molar refractivity (Wildman–Crippen MR) is 113 cm³/mol. The summed E-state index contributed by atoms with van der Waals surface area (Å²) in [6.45, 7) is 5.42. The van der Waals surface area contributed by atoms with Crippen LogP contribution in [0, 0.1) is 13.8 Å². The van der Waals surface area contributed by atoms with Crippen molar-refractivity contribution in [3.8, 4) is 11.1 Å². The molecule has 29 heavy (non-hydrogen) atoms. The van der Waals surface area contributed by atoms with E-state index in [9.17, 15) is 13.2 Å². The van der Waals surface area contributed by atoms with Gasteiger partial charge in [-0.1, -0.05) is 18.2 Å². The molecule has 0 saturated carbocycles. The maximum Gasteiger partial charge on any atom is 0.264 e. The Balaban J connectivity index is 1.84. The van der Waals surface area contributed by atoms with Crippen LogP contribution in [-0.2, 0) is 17.1 Å². The molecule has 6 nitrogen and oxygen atoms in total. The quantitative estimate of drug-likeness (QED) is 0.658. The topological polar surface area (TPSA) is 72.3 Å². The molecule has 1 aromatic heterocycles. The number of benzene rings is 2. The molecule has 0 saturated heterocycles. The zero-order valence-corrected chi connectivity index (χ0v) is 17.7. The van der Waals surface area contributed by atoms with Crippen LogP contribution in [0.1, 0.15) is 34.8 Å². The lowest BCUT2D eigenvalue weighted by Gasteiger charge is -2.36. The average molecular weight is 410 g/mol. The highest BCUT2D eigenvalue weighted by atomic mass is 32.2. The van der Waals surface area contributed by atoms with Crippen molar-refractivity contribution in [1.82, 2.24) is 9.78 Å². The van der Waals surface area contributed by atoms with Gasteiger partial charge in [0.15, 0.2) is 5.78 Å². The Morgan fingerprint density at radius 3 is 2.48 bits per heavy atom. The van der Waals surface area contributed by atoms with Gasteiger partial charge in [0, 0.05) is 36.8 Å². The molecule has 1 aliphatic rings. The molecule has 150 valence electrons. The number of anilines is 1. The molecule has 3 aromatic rings. The number of hydrogen-bond acceptors (Lipinski definition) is 4. The Bertz CT molecular complexity index is 1230. The molecule has 0 unspecified atom stereocenters. The maximum absolute atomic E-state index is 13.7. The van der Waals surface area contributed by atoms with Gasteiger partial charge in [-0.3, -0.25) is 13.8 Å². The number of aryl methyl sites for hydroxylation is 3. The van der Waals surface area contributed by atoms with Gasteiger partial charge in [0.1, 0.15) is 0 Å². The number of fused-ring (bicyclic) bond motifs is 1. The van der Waals surface area contributed by atoms with Gasteiger partial charge in [-0.15, -0.1) is 0 Å². The van der Waals surface area contributed by atoms with Crippen LogP contribution in [0.3, 0.4) is 0 Å². The Hall–Kier alpha value is -2.93. The summed E-state index contributed by atoms with van der Waals surface area (Å²) in [5.41, 5.74) is 4.23. The molecule has 1 atom stereocenters. The van der Waals surface area contributed by atoms with Crippen LogP contribution in [0.25, 0.3) is 11.1 Å². The summed E-state index contributed by atoms with van der Waals surface area (Å²) in [4.78, 5) is 12.7. The fourth-order valence-corrected chi connectivity index (χ4v) is 5.96. The molecular weight excluding hydrogens is 386 g/mol. The number of ketones is 1. The number of sulfonamides is 1. The van der Waals surface area contributed by atoms with Gasteiger partial charge < -0.3 is 0 Å². The van der Waals surface area contributed by atoms with Crippen LogP contribution in [-0.4, -0.2) is 30.0 Å². The van der Waals surface area contributed by atoms with Gasteiger partial charge in [-0.25, -0.2) is 8.42 Å². The summed E-state index contributed by atoms with van der Waals surface area (Å²) < 4.78 is 30.5. The number of nitrogens with zero attached hydrogens (tertiary/aromatic N) is 3. The second kappa shape index (κ2) is 6.84. The zero-order chi connectivity index (χ0) is 20.9. The minimum atomic E-state index is -3.83. The van der Waals surface area contributed by atoms with E-state index < -0.39 is 16.1 Å². The van der Waals surface area contributed by atoms with Crippen molar-refractivity contribution >= 4 is 21.5 Å². The van der Waals surface area contributed by atoms with E-state index in [0.717, 1.165) is 16.7 Å². The first-order valence-electron chi connectivity index (χ1n) is 9.47. The summed E-state index contributed by atoms with van der Waals surface area (Å²) in [6.07, 6.45) is 3.81. The Labute approximate surface area is 170 Å². The molecule has 0 aliphatic carbocycles. The van der Waals surface area contributed by atoms with Crippen molar-refractivity contribution in [1.29, 1.82) is 0 Å². The summed E-state index contributed by atoms with van der Waals surface area (Å²) >= 11 is 0. The Morgan fingerprint density at radius 1 is 1.07 bits per heavy atom. The standard InChI is InChI=1S/C22H23N3O3S/c1-14-6-5-7-19-20(26)11-16(3)25(22(14)19)29(27,28)21-9-8-17(10-15(21)2)18-12-23-24(4)13-18/h5-10,12-13,16H,11H2,1-4H3/t16-/m1/s1. The number of para-hydroxylation sites is 1. The van der Waals surface area contributed by atoms with Crippen molar-refractivity contribution in [2.75, 3.05) is 4.31 Å². The molecule has 0 spiro atoms. The van der Waals surface area contributed by atoms with Crippen LogP contribution >= 0.6 is 0 Å². The van der Waals surface area contributed by atoms with E-state index in [1.165, 1.54) is 4.31 Å². The van der Waals surface area contributed by atoms with Gasteiger partial charge >= 0.3 is 0 Å². The first-order chi connectivity index (χ1) is 13.7. The van der Waals surface area contributed by atoms with Gasteiger partial charge in [0.25, 0.3) is 10.0 Å². The monoisotopic (exact) mass is 409 g/mol. The molecule has 2 heterocycles. The van der Waals surface area contributed by atoms with Gasteiger partial charge in [0.05, 0.1) is 16.8 Å². The normalized spacial score (nSPS) is 16.8. The Kier molecular flexibility index (Phi) is 4.58. The summed E-state index contributed by atoms with van der Waals surface area (Å²) in [6, 6.07) is 10.2. The number of hydrogen-bond donors (Lipinski definition) is 0. The van der Waals surface area contributed by atoms with Crippen LogP contribution < -0.4 is 4.31 Å². The number of Topliss-reactive ketones (excluding diaryl/α,β-unsaturated/α-hetero) is 1. The van der Waals surface area contributed by atoms with Crippen molar-refractivity contribution in [2.24, 2.45) is 7.05 Å². The van der Waals surface area contributed by atoms with E-state index in [0.29, 0.717) is 16.8 Å². The van der Waals surface area contributed by atoms with Crippen LogP contribution in [0.5, 0.6) is 0 Å². The maximum atomic E-state index is 13.7. The van der Waals surface area contributed by atoms with Gasteiger partial charge in [-0.05, 0) is 55.7 Å². The molecule has 0 N–H and O–H groups in total. The third kappa shape index (κ3) is 3.15. The zero-order valence-electron chi connectivity index (χ0n) is 16.9. The fraction of sp³-hybridized carbons (Fsp3) is 0.273. The fourth-order valence-electron chi connectivity index (χ4n) is 4.01. The van der Waals surface area contributed by atoms with E-state index >= 15 is 0 Å². The number of carbonyl (C=O) groups is 1. The number of carbonyl (C=O) groups excluding carboxylic acids is 1. The van der Waals surface area contributed by atoms with Crippen molar-refractivity contribution < 1.29 is 13.2 Å². The molecule has 0 fully saturated rings. The third-order valence-corrected chi connectivity index (χ3v) is 7.46. The highest BCUT2D eigenvalue weighted by molar-refractivity contribution is 7.93. The second-order valence-electron chi connectivity index (χ2n) is 7.63. The lowest BCUT2D eigenvalue weighted by atomic mass is 9.95. The highest BCUT2D eigenvalue weighted by Crippen LogP contribution is 2.38. The van der Waals surface area contributed by atoms with E-state index in [1.54, 1.807) is 49.0 Å². The molecule has 2 aromatic carbocycles. The summed E-state index contributed by atoms with van der Waals surface area (Å²) in [5.74, 6) is -0.0219. The van der Waals surface area contributed by atoms with Crippen molar-refractivity contribution in [2.45, 2.75) is 38.1 Å². The highest BCUT2D eigenvalue weighted by Gasteiger charge is 2.38. The SMILES string of the molecule is Cc1cc(-c2cnn(C)c2)ccc1S(=O)(=O)N1c2c(C)cccc2C(=O)C[C@H]1C. The van der Waals surface area contributed by atoms with Gasteiger partial charge in [-0.2, -0.15) is 5.10 Å². The number of rotatable bonds is 3. The van der Waals surface area contributed by atoms with E-state index in [1.807, 2.05) is 32.3 Å². The van der Waals surface area contributed by atoms with E-state index in [-0.39, 0.29) is 17.1 Å². The van der Waals surface area contributed by atoms with Gasteiger partial charge in [0.2, 0.25) is 0 Å². The predicted octanol–water partition coefficient (Wildman–Crippen LogP) is 3.87. The Morgan fingerprint density at radius 2 is 1.83 bits per heavy atom. The van der Waals surface area contributed by atoms with Crippen molar-refractivity contribution in [3.05, 3.63) is 65.5 Å². The molecule has 0 bridgehead atoms.